The standard InChI is InChI=1S/C25H24N2O4/c1-4-16(2)30-20-11-8-17(9-12-20)24(28)26-19-10-13-23-22(15-19)27-25(31-23)18-6-5-7-21(14-18)29-3/h5-16H,4H2,1-3H3,(H,26,28). The second-order valence-corrected chi connectivity index (χ2v) is 7.25. The smallest absolute Gasteiger partial charge is 0.255 e. The highest BCUT2D eigenvalue weighted by atomic mass is 16.5. The van der Waals surface area contributed by atoms with Crippen LogP contribution in [0.25, 0.3) is 22.6 Å². The van der Waals surface area contributed by atoms with Crippen LogP contribution in [-0.4, -0.2) is 24.1 Å². The Kier molecular flexibility index (Phi) is 5.89. The van der Waals surface area contributed by atoms with Gasteiger partial charge in [0.2, 0.25) is 5.89 Å². The summed E-state index contributed by atoms with van der Waals surface area (Å²) in [4.78, 5) is 17.2. The molecule has 0 saturated carbocycles. The molecule has 3 aromatic carbocycles. The highest BCUT2D eigenvalue weighted by Crippen LogP contribution is 2.28. The van der Waals surface area contributed by atoms with E-state index in [-0.39, 0.29) is 12.0 Å². The Balaban J connectivity index is 1.50. The Hall–Kier alpha value is -3.80. The van der Waals surface area contributed by atoms with E-state index in [1.165, 1.54) is 0 Å². The summed E-state index contributed by atoms with van der Waals surface area (Å²) >= 11 is 0. The second-order valence-electron chi connectivity index (χ2n) is 7.25. The van der Waals surface area contributed by atoms with E-state index in [4.69, 9.17) is 13.9 Å². The molecule has 1 amide bonds. The lowest BCUT2D eigenvalue weighted by atomic mass is 10.2. The summed E-state index contributed by atoms with van der Waals surface area (Å²) in [5, 5.41) is 2.91. The fourth-order valence-electron chi connectivity index (χ4n) is 3.09. The summed E-state index contributed by atoms with van der Waals surface area (Å²) in [6.07, 6.45) is 1.06. The van der Waals surface area contributed by atoms with Gasteiger partial charge in [-0.05, 0) is 74.0 Å². The molecule has 1 heterocycles. The number of anilines is 1. The summed E-state index contributed by atoms with van der Waals surface area (Å²) in [5.41, 5.74) is 3.31. The highest BCUT2D eigenvalue weighted by Gasteiger charge is 2.12. The van der Waals surface area contributed by atoms with Crippen molar-refractivity contribution in [2.45, 2.75) is 26.4 Å². The average molecular weight is 416 g/mol. The number of hydrogen-bond donors (Lipinski definition) is 1. The molecule has 1 atom stereocenters. The number of carbonyl (C=O) groups excluding carboxylic acids is 1. The van der Waals surface area contributed by atoms with Gasteiger partial charge in [-0.2, -0.15) is 0 Å². The molecular formula is C25H24N2O4. The van der Waals surface area contributed by atoms with Crippen LogP contribution in [0.3, 0.4) is 0 Å². The monoisotopic (exact) mass is 416 g/mol. The normalized spacial score (nSPS) is 11.8. The van der Waals surface area contributed by atoms with Gasteiger partial charge in [0, 0.05) is 16.8 Å². The molecule has 0 saturated heterocycles. The van der Waals surface area contributed by atoms with E-state index in [2.05, 4.69) is 17.2 Å². The minimum atomic E-state index is -0.203. The molecule has 0 aliphatic rings. The number of hydrogen-bond acceptors (Lipinski definition) is 5. The van der Waals surface area contributed by atoms with Crippen LogP contribution in [0.1, 0.15) is 30.6 Å². The molecule has 1 N–H and O–H groups in total. The molecule has 6 heteroatoms. The molecule has 0 fully saturated rings. The average Bonchev–Trinajstić information content (AvgIpc) is 3.23. The summed E-state index contributed by atoms with van der Waals surface area (Å²) in [6, 6.07) is 20.0. The maximum Gasteiger partial charge on any atom is 0.255 e. The Bertz CT molecular complexity index is 1200. The lowest BCUT2D eigenvalue weighted by molar-refractivity contribution is 0.102. The first-order valence-corrected chi connectivity index (χ1v) is 10.2. The molecule has 158 valence electrons. The Morgan fingerprint density at radius 2 is 1.87 bits per heavy atom. The zero-order chi connectivity index (χ0) is 21.8. The quantitative estimate of drug-likeness (QED) is 0.404. The number of ether oxygens (including phenoxy) is 2. The van der Waals surface area contributed by atoms with Gasteiger partial charge in [-0.25, -0.2) is 4.98 Å². The number of nitrogens with zero attached hydrogens (tertiary/aromatic N) is 1. The molecule has 4 aromatic rings. The SMILES string of the molecule is CCC(C)Oc1ccc(C(=O)Nc2ccc3oc(-c4cccc(OC)c4)nc3c2)cc1. The highest BCUT2D eigenvalue weighted by molar-refractivity contribution is 6.05. The number of rotatable bonds is 7. The Morgan fingerprint density at radius 1 is 1.06 bits per heavy atom. The van der Waals surface area contributed by atoms with E-state index in [0.717, 1.165) is 23.5 Å². The van der Waals surface area contributed by atoms with Crippen molar-refractivity contribution in [1.29, 1.82) is 0 Å². The minimum absolute atomic E-state index is 0.135. The number of methoxy groups -OCH3 is 1. The molecule has 6 nitrogen and oxygen atoms in total. The lowest BCUT2D eigenvalue weighted by Gasteiger charge is -2.12. The predicted octanol–water partition coefficient (Wildman–Crippen LogP) is 5.93. The molecule has 0 aliphatic carbocycles. The number of benzene rings is 3. The van der Waals surface area contributed by atoms with Gasteiger partial charge in [0.1, 0.15) is 17.0 Å². The van der Waals surface area contributed by atoms with Crippen LogP contribution in [-0.2, 0) is 0 Å². The molecule has 0 aliphatic heterocycles. The van der Waals surface area contributed by atoms with Gasteiger partial charge in [0.15, 0.2) is 5.58 Å². The maximum absolute atomic E-state index is 12.6. The van der Waals surface area contributed by atoms with Gasteiger partial charge in [0.05, 0.1) is 13.2 Å². The fourth-order valence-corrected chi connectivity index (χ4v) is 3.09. The van der Waals surface area contributed by atoms with E-state index in [0.29, 0.717) is 28.2 Å². The lowest BCUT2D eigenvalue weighted by Crippen LogP contribution is -2.12. The summed E-state index contributed by atoms with van der Waals surface area (Å²) in [6.45, 7) is 4.08. The zero-order valence-electron chi connectivity index (χ0n) is 17.7. The zero-order valence-corrected chi connectivity index (χ0v) is 17.7. The Morgan fingerprint density at radius 3 is 2.61 bits per heavy atom. The van der Waals surface area contributed by atoms with Crippen LogP contribution in [0.4, 0.5) is 5.69 Å². The van der Waals surface area contributed by atoms with E-state index >= 15 is 0 Å². The summed E-state index contributed by atoms with van der Waals surface area (Å²) in [5.74, 6) is 1.77. The summed E-state index contributed by atoms with van der Waals surface area (Å²) in [7, 11) is 1.62. The molecule has 31 heavy (non-hydrogen) atoms. The van der Waals surface area contributed by atoms with Crippen molar-refractivity contribution in [1.82, 2.24) is 4.98 Å². The number of carbonyl (C=O) groups is 1. The van der Waals surface area contributed by atoms with Gasteiger partial charge >= 0.3 is 0 Å². The van der Waals surface area contributed by atoms with Crippen molar-refractivity contribution in [3.05, 3.63) is 72.3 Å². The van der Waals surface area contributed by atoms with Crippen molar-refractivity contribution in [3.63, 3.8) is 0 Å². The largest absolute Gasteiger partial charge is 0.497 e. The van der Waals surface area contributed by atoms with Gasteiger partial charge in [-0.3, -0.25) is 4.79 Å². The molecule has 0 bridgehead atoms. The third-order valence-corrected chi connectivity index (χ3v) is 4.99. The van der Waals surface area contributed by atoms with Crippen LogP contribution in [0.2, 0.25) is 0 Å². The van der Waals surface area contributed by atoms with Gasteiger partial charge in [-0.1, -0.05) is 13.0 Å². The van der Waals surface area contributed by atoms with E-state index in [1.807, 2.05) is 43.3 Å². The molecule has 4 rings (SSSR count). The van der Waals surface area contributed by atoms with Gasteiger partial charge in [0.25, 0.3) is 5.91 Å². The topological polar surface area (TPSA) is 73.6 Å². The maximum atomic E-state index is 12.6. The number of nitrogens with one attached hydrogen (secondary N) is 1. The van der Waals surface area contributed by atoms with Crippen LogP contribution in [0, 0.1) is 0 Å². The molecule has 0 radical (unpaired) electrons. The fraction of sp³-hybridized carbons (Fsp3) is 0.200. The van der Waals surface area contributed by atoms with Gasteiger partial charge in [-0.15, -0.1) is 0 Å². The van der Waals surface area contributed by atoms with Crippen molar-refractivity contribution in [2.75, 3.05) is 12.4 Å². The van der Waals surface area contributed by atoms with Crippen LogP contribution in [0.5, 0.6) is 11.5 Å². The third kappa shape index (κ3) is 4.69. The minimum Gasteiger partial charge on any atom is -0.497 e. The molecule has 1 aromatic heterocycles. The first-order chi connectivity index (χ1) is 15.1. The Labute approximate surface area is 180 Å². The van der Waals surface area contributed by atoms with Crippen molar-refractivity contribution >= 4 is 22.7 Å². The summed E-state index contributed by atoms with van der Waals surface area (Å²) < 4.78 is 16.9. The third-order valence-electron chi connectivity index (χ3n) is 4.99. The second kappa shape index (κ2) is 8.92. The van der Waals surface area contributed by atoms with Crippen molar-refractivity contribution < 1.29 is 18.7 Å². The van der Waals surface area contributed by atoms with E-state index < -0.39 is 0 Å². The molecular weight excluding hydrogens is 392 g/mol. The van der Waals surface area contributed by atoms with Crippen LogP contribution in [0.15, 0.2) is 71.1 Å². The number of aromatic nitrogens is 1. The van der Waals surface area contributed by atoms with Crippen molar-refractivity contribution in [2.24, 2.45) is 0 Å². The van der Waals surface area contributed by atoms with Gasteiger partial charge < -0.3 is 19.2 Å². The number of oxazole rings is 1. The van der Waals surface area contributed by atoms with E-state index in [1.54, 1.807) is 37.4 Å². The number of amides is 1. The first-order valence-electron chi connectivity index (χ1n) is 10.2. The van der Waals surface area contributed by atoms with Crippen molar-refractivity contribution in [3.8, 4) is 23.0 Å². The number of fused-ring (bicyclic) bond motifs is 1. The first kappa shape index (κ1) is 20.5. The molecule has 1 unspecified atom stereocenters. The molecule has 0 spiro atoms. The predicted molar refractivity (Wildman–Crippen MR) is 121 cm³/mol. The van der Waals surface area contributed by atoms with Crippen LogP contribution >= 0.6 is 0 Å². The van der Waals surface area contributed by atoms with E-state index in [9.17, 15) is 4.79 Å². The van der Waals surface area contributed by atoms with Crippen LogP contribution < -0.4 is 14.8 Å².